The summed E-state index contributed by atoms with van der Waals surface area (Å²) >= 11 is 5.75. The van der Waals surface area contributed by atoms with Crippen molar-refractivity contribution < 1.29 is 13.9 Å². The van der Waals surface area contributed by atoms with E-state index in [1.807, 2.05) is 18.2 Å². The largest absolute Gasteiger partial charge is 0.497 e. The molecule has 0 heterocycles. The highest BCUT2D eigenvalue weighted by molar-refractivity contribution is 6.30. The third-order valence-corrected chi connectivity index (χ3v) is 3.45. The van der Waals surface area contributed by atoms with Crippen LogP contribution in [0.1, 0.15) is 11.1 Å². The van der Waals surface area contributed by atoms with Gasteiger partial charge in [0.2, 0.25) is 0 Å². The number of benzene rings is 2. The van der Waals surface area contributed by atoms with Crippen molar-refractivity contribution in [2.24, 2.45) is 0 Å². The highest BCUT2D eigenvalue weighted by atomic mass is 35.5. The molecule has 0 bridgehead atoms. The summed E-state index contributed by atoms with van der Waals surface area (Å²) in [5.41, 5.74) is 1.51. The quantitative estimate of drug-likeness (QED) is 0.880. The van der Waals surface area contributed by atoms with Gasteiger partial charge in [0.1, 0.15) is 17.3 Å². The molecule has 0 saturated heterocycles. The van der Waals surface area contributed by atoms with Crippen LogP contribution in [0, 0.1) is 5.82 Å². The lowest BCUT2D eigenvalue weighted by Crippen LogP contribution is -2.14. The Hall–Kier alpha value is -1.78. The molecule has 2 rings (SSSR count). The monoisotopic (exact) mass is 309 g/mol. The van der Waals surface area contributed by atoms with Crippen molar-refractivity contribution in [3.8, 4) is 11.5 Å². The van der Waals surface area contributed by atoms with E-state index in [9.17, 15) is 4.39 Å². The molecule has 112 valence electrons. The third-order valence-electron chi connectivity index (χ3n) is 3.16. The number of halogens is 2. The molecule has 0 aromatic heterocycles. The molecule has 0 atom stereocenters. The van der Waals surface area contributed by atoms with Gasteiger partial charge in [0.25, 0.3) is 0 Å². The molecular formula is C16H17ClFNO2. The van der Waals surface area contributed by atoms with Gasteiger partial charge in [0, 0.05) is 30.3 Å². The summed E-state index contributed by atoms with van der Waals surface area (Å²) in [6.45, 7) is 0.945. The first-order valence-electron chi connectivity index (χ1n) is 6.50. The second-order valence-corrected chi connectivity index (χ2v) is 4.90. The third kappa shape index (κ3) is 3.86. The fourth-order valence-electron chi connectivity index (χ4n) is 2.01. The Morgan fingerprint density at radius 3 is 2.52 bits per heavy atom. The van der Waals surface area contributed by atoms with Crippen molar-refractivity contribution in [2.45, 2.75) is 13.1 Å². The van der Waals surface area contributed by atoms with Crippen molar-refractivity contribution in [1.82, 2.24) is 5.32 Å². The zero-order valence-corrected chi connectivity index (χ0v) is 12.7. The number of hydrogen-bond acceptors (Lipinski definition) is 3. The lowest BCUT2D eigenvalue weighted by molar-refractivity contribution is 0.389. The van der Waals surface area contributed by atoms with Gasteiger partial charge in [0.15, 0.2) is 0 Å². The Kier molecular flexibility index (Phi) is 5.42. The maximum atomic E-state index is 13.8. The average molecular weight is 310 g/mol. The van der Waals surface area contributed by atoms with Gasteiger partial charge in [-0.3, -0.25) is 0 Å². The predicted molar refractivity (Wildman–Crippen MR) is 81.5 cm³/mol. The molecule has 0 amide bonds. The van der Waals surface area contributed by atoms with Crippen molar-refractivity contribution in [3.63, 3.8) is 0 Å². The van der Waals surface area contributed by atoms with Gasteiger partial charge in [-0.15, -0.1) is 0 Å². The van der Waals surface area contributed by atoms with Crippen LogP contribution >= 0.6 is 11.6 Å². The van der Waals surface area contributed by atoms with Crippen LogP contribution in [0.25, 0.3) is 0 Å². The number of methoxy groups -OCH3 is 2. The molecule has 0 saturated carbocycles. The zero-order valence-electron chi connectivity index (χ0n) is 12.0. The first-order valence-corrected chi connectivity index (χ1v) is 6.88. The number of ether oxygens (including phenoxy) is 2. The van der Waals surface area contributed by atoms with Crippen molar-refractivity contribution >= 4 is 11.6 Å². The maximum Gasteiger partial charge on any atom is 0.146 e. The first kappa shape index (κ1) is 15.6. The van der Waals surface area contributed by atoms with E-state index in [0.717, 1.165) is 17.1 Å². The van der Waals surface area contributed by atoms with Crippen LogP contribution in [-0.4, -0.2) is 14.2 Å². The van der Waals surface area contributed by atoms with E-state index >= 15 is 0 Å². The van der Waals surface area contributed by atoms with Gasteiger partial charge in [-0.05, 0) is 12.1 Å². The minimum absolute atomic E-state index is 0.135. The Balaban J connectivity index is 2.02. The van der Waals surface area contributed by atoms with Crippen molar-refractivity contribution in [3.05, 3.63) is 58.4 Å². The molecule has 0 radical (unpaired) electrons. The van der Waals surface area contributed by atoms with Crippen molar-refractivity contribution in [2.75, 3.05) is 14.2 Å². The molecule has 0 aliphatic rings. The molecule has 0 unspecified atom stereocenters. The molecule has 0 aliphatic carbocycles. The standard InChI is InChI=1S/C16H17ClFNO2/c1-20-13-7-6-11(15(8-13)21-2)9-19-10-12-4-3-5-14(17)16(12)18/h3-8,19H,9-10H2,1-2H3. The van der Waals surface area contributed by atoms with Gasteiger partial charge < -0.3 is 14.8 Å². The van der Waals surface area contributed by atoms with Crippen LogP contribution in [0.15, 0.2) is 36.4 Å². The molecule has 0 aliphatic heterocycles. The molecule has 0 fully saturated rings. The van der Waals surface area contributed by atoms with E-state index in [4.69, 9.17) is 21.1 Å². The fourth-order valence-corrected chi connectivity index (χ4v) is 2.21. The minimum atomic E-state index is -0.381. The van der Waals surface area contributed by atoms with Crippen LogP contribution < -0.4 is 14.8 Å². The van der Waals surface area contributed by atoms with Crippen LogP contribution in [0.3, 0.4) is 0 Å². The first-order chi connectivity index (χ1) is 10.2. The maximum absolute atomic E-state index is 13.8. The molecule has 21 heavy (non-hydrogen) atoms. The van der Waals surface area contributed by atoms with E-state index in [1.54, 1.807) is 26.4 Å². The minimum Gasteiger partial charge on any atom is -0.497 e. The van der Waals surface area contributed by atoms with Gasteiger partial charge in [0.05, 0.1) is 19.2 Å². The van der Waals surface area contributed by atoms with E-state index in [-0.39, 0.29) is 10.8 Å². The summed E-state index contributed by atoms with van der Waals surface area (Å²) < 4.78 is 24.2. The number of rotatable bonds is 6. The van der Waals surface area contributed by atoms with E-state index in [0.29, 0.717) is 18.7 Å². The van der Waals surface area contributed by atoms with Crippen LogP contribution in [-0.2, 0) is 13.1 Å². The lowest BCUT2D eigenvalue weighted by atomic mass is 10.1. The van der Waals surface area contributed by atoms with Gasteiger partial charge in [-0.25, -0.2) is 4.39 Å². The Labute approximate surface area is 128 Å². The topological polar surface area (TPSA) is 30.5 Å². The molecular weight excluding hydrogens is 293 g/mol. The van der Waals surface area contributed by atoms with E-state index < -0.39 is 0 Å². The van der Waals surface area contributed by atoms with Gasteiger partial charge in [-0.1, -0.05) is 29.8 Å². The second kappa shape index (κ2) is 7.29. The van der Waals surface area contributed by atoms with Gasteiger partial charge in [-0.2, -0.15) is 0 Å². The summed E-state index contributed by atoms with van der Waals surface area (Å²) in [4.78, 5) is 0. The summed E-state index contributed by atoms with van der Waals surface area (Å²) in [5, 5.41) is 3.31. The molecule has 2 aromatic carbocycles. The van der Waals surface area contributed by atoms with Crippen LogP contribution in [0.2, 0.25) is 5.02 Å². The van der Waals surface area contributed by atoms with E-state index in [2.05, 4.69) is 5.32 Å². The number of nitrogens with one attached hydrogen (secondary N) is 1. The Morgan fingerprint density at radius 1 is 1.05 bits per heavy atom. The highest BCUT2D eigenvalue weighted by Crippen LogP contribution is 2.24. The fraction of sp³-hybridized carbons (Fsp3) is 0.250. The van der Waals surface area contributed by atoms with Crippen LogP contribution in [0.4, 0.5) is 4.39 Å². The summed E-state index contributed by atoms with van der Waals surface area (Å²) in [5.74, 6) is 1.08. The van der Waals surface area contributed by atoms with Gasteiger partial charge >= 0.3 is 0 Å². The lowest BCUT2D eigenvalue weighted by Gasteiger charge is -2.12. The van der Waals surface area contributed by atoms with Crippen molar-refractivity contribution in [1.29, 1.82) is 0 Å². The van der Waals surface area contributed by atoms with E-state index in [1.165, 1.54) is 6.07 Å². The summed E-state index contributed by atoms with van der Waals surface area (Å²) in [7, 11) is 3.21. The smallest absolute Gasteiger partial charge is 0.146 e. The molecule has 0 spiro atoms. The SMILES string of the molecule is COc1ccc(CNCc2cccc(Cl)c2F)c(OC)c1. The van der Waals surface area contributed by atoms with Crippen LogP contribution in [0.5, 0.6) is 11.5 Å². The molecule has 5 heteroatoms. The normalized spacial score (nSPS) is 10.5. The molecule has 3 nitrogen and oxygen atoms in total. The summed E-state index contributed by atoms with van der Waals surface area (Å²) in [6, 6.07) is 10.6. The Bertz CT molecular complexity index is 619. The second-order valence-electron chi connectivity index (χ2n) is 4.49. The Morgan fingerprint density at radius 2 is 1.81 bits per heavy atom. The predicted octanol–water partition coefficient (Wildman–Crippen LogP) is 3.79. The molecule has 2 aromatic rings. The molecule has 1 N–H and O–H groups in total. The highest BCUT2D eigenvalue weighted by Gasteiger charge is 2.07. The zero-order chi connectivity index (χ0) is 15.2. The average Bonchev–Trinajstić information content (AvgIpc) is 2.51. The number of hydrogen-bond donors (Lipinski definition) is 1. The summed E-state index contributed by atoms with van der Waals surface area (Å²) in [6.07, 6.45) is 0.